The molecule has 1 unspecified atom stereocenters. The number of carbonyl (C=O) groups excluding carboxylic acids is 1. The van der Waals surface area contributed by atoms with E-state index >= 15 is 0 Å². The molecule has 0 radical (unpaired) electrons. The van der Waals surface area contributed by atoms with Crippen LogP contribution in [0.4, 0.5) is 11.4 Å². The normalized spacial score (nSPS) is 18.8. The largest absolute Gasteiger partial charge is 0.331 e. The van der Waals surface area contributed by atoms with Crippen LogP contribution in [0.25, 0.3) is 0 Å². The highest BCUT2D eigenvalue weighted by molar-refractivity contribution is 7.09. The number of amides is 1. The Morgan fingerprint density at radius 2 is 1.77 bits per heavy atom. The Hall–Kier alpha value is -3.07. The van der Waals surface area contributed by atoms with Gasteiger partial charge >= 0.3 is 0 Å². The Balaban J connectivity index is 1.72. The molecule has 0 spiro atoms. The number of rotatable bonds is 5. The summed E-state index contributed by atoms with van der Waals surface area (Å²) in [5, 5.41) is 24.5. The molecule has 1 atom stereocenters. The summed E-state index contributed by atoms with van der Waals surface area (Å²) >= 11 is 1.64. The van der Waals surface area contributed by atoms with Crippen molar-refractivity contribution in [3.8, 4) is 0 Å². The Morgan fingerprint density at radius 3 is 2.40 bits per heavy atom. The van der Waals surface area contributed by atoms with Crippen molar-refractivity contribution < 1.29 is 14.6 Å². The topological polar surface area (TPSA) is 107 Å². The Kier molecular flexibility index (Phi) is 5.63. The smallest absolute Gasteiger partial charge is 0.277 e. The lowest BCUT2D eigenvalue weighted by molar-refractivity contribution is -0.394. The van der Waals surface area contributed by atoms with Gasteiger partial charge in [0.05, 0.1) is 27.5 Å². The molecule has 156 valence electrons. The molecule has 2 heterocycles. The van der Waals surface area contributed by atoms with Crippen LogP contribution in [0.3, 0.4) is 0 Å². The molecule has 4 rings (SSSR count). The first-order valence-electron chi connectivity index (χ1n) is 9.92. The van der Waals surface area contributed by atoms with Crippen molar-refractivity contribution in [2.45, 2.75) is 44.6 Å². The Labute approximate surface area is 177 Å². The van der Waals surface area contributed by atoms with Gasteiger partial charge in [-0.2, -0.15) is 0 Å². The van der Waals surface area contributed by atoms with Crippen LogP contribution < -0.4 is 0 Å². The number of hydrogen-bond acceptors (Lipinski definition) is 6. The average Bonchev–Trinajstić information content (AvgIpc) is 3.26. The fourth-order valence-electron chi connectivity index (χ4n) is 4.47. The van der Waals surface area contributed by atoms with Gasteiger partial charge in [-0.1, -0.05) is 11.6 Å². The van der Waals surface area contributed by atoms with Crippen molar-refractivity contribution in [2.24, 2.45) is 0 Å². The second-order valence-electron chi connectivity index (χ2n) is 7.64. The van der Waals surface area contributed by atoms with E-state index in [9.17, 15) is 25.0 Å². The molecule has 1 aromatic heterocycles. The molecule has 0 saturated carbocycles. The molecule has 1 amide bonds. The molecule has 2 aromatic rings. The van der Waals surface area contributed by atoms with Crippen LogP contribution >= 0.6 is 11.3 Å². The number of benzene rings is 1. The zero-order valence-electron chi connectivity index (χ0n) is 16.3. The predicted molar refractivity (Wildman–Crippen MR) is 113 cm³/mol. The zero-order chi connectivity index (χ0) is 21.3. The van der Waals surface area contributed by atoms with Gasteiger partial charge in [0.1, 0.15) is 0 Å². The minimum absolute atomic E-state index is 0.00746. The molecule has 8 nitrogen and oxygen atoms in total. The van der Waals surface area contributed by atoms with E-state index in [1.54, 1.807) is 16.2 Å². The minimum atomic E-state index is -0.703. The van der Waals surface area contributed by atoms with Gasteiger partial charge in [0, 0.05) is 30.0 Å². The van der Waals surface area contributed by atoms with Crippen LogP contribution in [0, 0.1) is 20.2 Å². The summed E-state index contributed by atoms with van der Waals surface area (Å²) < 4.78 is 0. The summed E-state index contributed by atoms with van der Waals surface area (Å²) in [6, 6.07) is 7.08. The Bertz CT molecular complexity index is 999. The van der Waals surface area contributed by atoms with E-state index in [4.69, 9.17) is 0 Å². The van der Waals surface area contributed by atoms with Crippen molar-refractivity contribution in [2.75, 3.05) is 6.54 Å². The van der Waals surface area contributed by atoms with E-state index in [0.717, 1.165) is 50.3 Å². The molecule has 0 N–H and O–H groups in total. The zero-order valence-corrected chi connectivity index (χ0v) is 17.1. The fraction of sp³-hybridized carbons (Fsp3) is 0.381. The van der Waals surface area contributed by atoms with Crippen LogP contribution in [-0.4, -0.2) is 33.2 Å². The van der Waals surface area contributed by atoms with Crippen molar-refractivity contribution in [1.82, 2.24) is 4.90 Å². The van der Waals surface area contributed by atoms with Gasteiger partial charge in [-0.05, 0) is 49.1 Å². The highest BCUT2D eigenvalue weighted by atomic mass is 32.1. The van der Waals surface area contributed by atoms with E-state index in [-0.39, 0.29) is 17.5 Å². The van der Waals surface area contributed by atoms with Crippen molar-refractivity contribution in [3.05, 3.63) is 77.5 Å². The number of nitro groups is 2. The van der Waals surface area contributed by atoms with Crippen LogP contribution in [0.15, 0.2) is 46.9 Å². The fourth-order valence-corrected chi connectivity index (χ4v) is 5.21. The highest BCUT2D eigenvalue weighted by Crippen LogP contribution is 2.37. The molecule has 0 saturated heterocycles. The molecule has 0 fully saturated rings. The molecule has 1 aliphatic carbocycles. The lowest BCUT2D eigenvalue weighted by atomic mass is 9.81. The lowest BCUT2D eigenvalue weighted by Gasteiger charge is -2.41. The standard InChI is InChI=1S/C21H21N3O5S/c25-21(15-10-16(23(26)27)12-17(11-15)24(28)29)22-8-7-14-4-1-2-6-19(14)20(22)13-18-5-3-9-30-18/h3,5,9-12,20H,1-2,4,6-8,13H2. The van der Waals surface area contributed by atoms with Crippen LogP contribution in [-0.2, 0) is 6.42 Å². The Morgan fingerprint density at radius 1 is 1.07 bits per heavy atom. The quantitative estimate of drug-likeness (QED) is 0.383. The average molecular weight is 427 g/mol. The summed E-state index contributed by atoms with van der Waals surface area (Å²) in [4.78, 5) is 37.4. The number of nitro benzene ring substituents is 2. The van der Waals surface area contributed by atoms with Gasteiger partial charge in [-0.15, -0.1) is 11.3 Å². The van der Waals surface area contributed by atoms with E-state index in [0.29, 0.717) is 13.0 Å². The molecule has 1 aliphatic heterocycles. The maximum atomic E-state index is 13.4. The number of nitrogens with zero attached hydrogens (tertiary/aromatic N) is 3. The molecule has 30 heavy (non-hydrogen) atoms. The van der Waals surface area contributed by atoms with Crippen molar-refractivity contribution in [3.63, 3.8) is 0 Å². The van der Waals surface area contributed by atoms with Crippen LogP contribution in [0.5, 0.6) is 0 Å². The molecule has 1 aromatic carbocycles. The van der Waals surface area contributed by atoms with Gasteiger partial charge in [-0.3, -0.25) is 25.0 Å². The molecule has 9 heteroatoms. The second kappa shape index (κ2) is 8.35. The summed E-state index contributed by atoms with van der Waals surface area (Å²) in [5.74, 6) is -0.388. The number of hydrogen-bond donors (Lipinski definition) is 0. The third kappa shape index (κ3) is 3.97. The lowest BCUT2D eigenvalue weighted by Crippen LogP contribution is -2.46. The van der Waals surface area contributed by atoms with Crippen LogP contribution in [0.1, 0.15) is 47.3 Å². The monoisotopic (exact) mass is 427 g/mol. The van der Waals surface area contributed by atoms with E-state index in [1.807, 2.05) is 17.5 Å². The van der Waals surface area contributed by atoms with Gasteiger partial charge in [0.25, 0.3) is 17.3 Å². The van der Waals surface area contributed by atoms with E-state index in [2.05, 4.69) is 0 Å². The SMILES string of the molecule is O=C(c1cc([N+](=O)[O-])cc([N+](=O)[O-])c1)N1CCC2=C(CCCC2)C1Cc1cccs1. The first-order chi connectivity index (χ1) is 14.4. The summed E-state index contributed by atoms with van der Waals surface area (Å²) in [5.41, 5.74) is 1.83. The second-order valence-corrected chi connectivity index (χ2v) is 8.67. The molecule has 2 aliphatic rings. The molecule has 0 bridgehead atoms. The van der Waals surface area contributed by atoms with Crippen LogP contribution in [0.2, 0.25) is 0 Å². The van der Waals surface area contributed by atoms with Crippen molar-refractivity contribution in [1.29, 1.82) is 0 Å². The first kappa shape index (κ1) is 20.2. The highest BCUT2D eigenvalue weighted by Gasteiger charge is 2.35. The van der Waals surface area contributed by atoms with Gasteiger partial charge in [0.2, 0.25) is 0 Å². The predicted octanol–water partition coefficient (Wildman–Crippen LogP) is 4.89. The summed E-state index contributed by atoms with van der Waals surface area (Å²) in [6.07, 6.45) is 5.74. The van der Waals surface area contributed by atoms with Gasteiger partial charge in [-0.25, -0.2) is 0 Å². The summed E-state index contributed by atoms with van der Waals surface area (Å²) in [6.45, 7) is 0.518. The molecular weight excluding hydrogens is 406 g/mol. The van der Waals surface area contributed by atoms with Gasteiger partial charge in [0.15, 0.2) is 0 Å². The first-order valence-corrected chi connectivity index (χ1v) is 10.8. The maximum Gasteiger partial charge on any atom is 0.277 e. The van der Waals surface area contributed by atoms with E-state index < -0.39 is 21.2 Å². The number of non-ortho nitro benzene ring substituents is 2. The maximum absolute atomic E-state index is 13.4. The summed E-state index contributed by atoms with van der Waals surface area (Å²) in [7, 11) is 0. The molecular formula is C21H21N3O5S. The van der Waals surface area contributed by atoms with Gasteiger partial charge < -0.3 is 4.90 Å². The number of thiophene rings is 1. The van der Waals surface area contributed by atoms with E-state index in [1.165, 1.54) is 16.0 Å². The third-order valence-electron chi connectivity index (χ3n) is 5.87. The van der Waals surface area contributed by atoms with Crippen molar-refractivity contribution >= 4 is 28.6 Å². The third-order valence-corrected chi connectivity index (χ3v) is 6.77. The minimum Gasteiger partial charge on any atom is -0.331 e. The number of carbonyl (C=O) groups is 1.